The monoisotopic (exact) mass is 234 g/mol. The fraction of sp³-hybridized carbons (Fsp3) is 0.600. The Morgan fingerprint density at radius 3 is 2.94 bits per heavy atom. The van der Waals surface area contributed by atoms with E-state index in [1.54, 1.807) is 0 Å². The molecule has 0 saturated heterocycles. The van der Waals surface area contributed by atoms with Crippen LogP contribution in [0.5, 0.6) is 5.75 Å². The minimum Gasteiger partial charge on any atom is -0.493 e. The summed E-state index contributed by atoms with van der Waals surface area (Å²) >= 11 is 0. The third-order valence-electron chi connectivity index (χ3n) is 3.58. The van der Waals surface area contributed by atoms with Crippen molar-refractivity contribution in [3.05, 3.63) is 29.3 Å². The molecule has 2 rings (SSSR count). The number of aliphatic hydroxyl groups is 1. The highest BCUT2D eigenvalue weighted by atomic mass is 16.5. The van der Waals surface area contributed by atoms with Crippen molar-refractivity contribution in [2.75, 3.05) is 6.61 Å². The molecule has 94 valence electrons. The number of fused-ring (bicyclic) bond motifs is 1. The largest absolute Gasteiger partial charge is 0.493 e. The van der Waals surface area contributed by atoms with Gasteiger partial charge in [0.05, 0.1) is 12.2 Å². The summed E-state index contributed by atoms with van der Waals surface area (Å²) in [4.78, 5) is 0. The van der Waals surface area contributed by atoms with Gasteiger partial charge in [-0.1, -0.05) is 32.3 Å². The van der Waals surface area contributed by atoms with Crippen LogP contribution < -0.4 is 4.74 Å². The van der Waals surface area contributed by atoms with Gasteiger partial charge in [0.15, 0.2) is 0 Å². The number of benzene rings is 1. The van der Waals surface area contributed by atoms with Crippen molar-refractivity contribution in [2.24, 2.45) is 0 Å². The van der Waals surface area contributed by atoms with Crippen LogP contribution in [0.4, 0.5) is 0 Å². The van der Waals surface area contributed by atoms with Gasteiger partial charge < -0.3 is 9.84 Å². The van der Waals surface area contributed by atoms with Crippen molar-refractivity contribution < 1.29 is 9.84 Å². The van der Waals surface area contributed by atoms with E-state index in [0.29, 0.717) is 0 Å². The van der Waals surface area contributed by atoms with Gasteiger partial charge in [-0.2, -0.15) is 0 Å². The highest BCUT2D eigenvalue weighted by Crippen LogP contribution is 2.32. The molecule has 0 radical (unpaired) electrons. The highest BCUT2D eigenvalue weighted by Gasteiger charge is 2.24. The Morgan fingerprint density at radius 1 is 1.35 bits per heavy atom. The summed E-state index contributed by atoms with van der Waals surface area (Å²) in [5.74, 6) is 0.984. The molecule has 2 nitrogen and oxygen atoms in total. The molecule has 0 saturated carbocycles. The second-order valence-corrected chi connectivity index (χ2v) is 5.15. The number of hydrogen-bond donors (Lipinski definition) is 1. The van der Waals surface area contributed by atoms with Gasteiger partial charge in [-0.25, -0.2) is 0 Å². The van der Waals surface area contributed by atoms with Crippen LogP contribution in [-0.2, 0) is 12.0 Å². The standard InChI is InChI=1S/C15H22O2/c1-3-4-5-9-15(2,16)13-6-7-14-12(11-13)8-10-17-14/h6-7,11,16H,3-5,8-10H2,1-2H3. The Kier molecular flexibility index (Phi) is 3.72. The summed E-state index contributed by atoms with van der Waals surface area (Å²) in [6, 6.07) is 6.09. The molecule has 1 unspecified atom stereocenters. The van der Waals surface area contributed by atoms with Crippen LogP contribution in [0.25, 0.3) is 0 Å². The molecule has 1 aromatic rings. The van der Waals surface area contributed by atoms with E-state index in [1.807, 2.05) is 19.1 Å². The zero-order valence-electron chi connectivity index (χ0n) is 10.8. The van der Waals surface area contributed by atoms with Gasteiger partial charge in [-0.05, 0) is 36.6 Å². The summed E-state index contributed by atoms with van der Waals surface area (Å²) in [6.07, 6.45) is 5.25. The van der Waals surface area contributed by atoms with Crippen LogP contribution in [0.15, 0.2) is 18.2 Å². The molecule has 1 heterocycles. The van der Waals surface area contributed by atoms with Gasteiger partial charge in [0.1, 0.15) is 5.75 Å². The summed E-state index contributed by atoms with van der Waals surface area (Å²) in [5, 5.41) is 10.5. The zero-order valence-corrected chi connectivity index (χ0v) is 10.8. The molecule has 1 N–H and O–H groups in total. The topological polar surface area (TPSA) is 29.5 Å². The predicted octanol–water partition coefficient (Wildman–Crippen LogP) is 3.41. The zero-order chi connectivity index (χ0) is 12.3. The number of rotatable bonds is 5. The highest BCUT2D eigenvalue weighted by molar-refractivity contribution is 5.41. The number of unbranched alkanes of at least 4 members (excludes halogenated alkanes) is 2. The van der Waals surface area contributed by atoms with Gasteiger partial charge in [0.25, 0.3) is 0 Å². The van der Waals surface area contributed by atoms with Crippen molar-refractivity contribution in [1.29, 1.82) is 0 Å². The molecule has 0 fully saturated rings. The molecular formula is C15H22O2. The summed E-state index contributed by atoms with van der Waals surface area (Å²) in [5.41, 5.74) is 1.56. The summed E-state index contributed by atoms with van der Waals surface area (Å²) < 4.78 is 5.48. The van der Waals surface area contributed by atoms with Crippen LogP contribution >= 0.6 is 0 Å². The molecule has 2 heteroatoms. The quantitative estimate of drug-likeness (QED) is 0.791. The molecule has 0 aromatic heterocycles. The first-order valence-electron chi connectivity index (χ1n) is 6.62. The lowest BCUT2D eigenvalue weighted by atomic mass is 9.89. The van der Waals surface area contributed by atoms with Crippen molar-refractivity contribution in [2.45, 2.75) is 51.6 Å². The van der Waals surface area contributed by atoms with E-state index in [-0.39, 0.29) is 0 Å². The van der Waals surface area contributed by atoms with Gasteiger partial charge >= 0.3 is 0 Å². The predicted molar refractivity (Wildman–Crippen MR) is 69.4 cm³/mol. The lowest BCUT2D eigenvalue weighted by Crippen LogP contribution is -2.21. The fourth-order valence-electron chi connectivity index (χ4n) is 2.39. The second-order valence-electron chi connectivity index (χ2n) is 5.15. The SMILES string of the molecule is CCCCCC(C)(O)c1ccc2c(c1)CCO2. The molecule has 1 atom stereocenters. The Labute approximate surface area is 104 Å². The van der Waals surface area contributed by atoms with E-state index < -0.39 is 5.60 Å². The Morgan fingerprint density at radius 2 is 2.18 bits per heavy atom. The van der Waals surface area contributed by atoms with E-state index >= 15 is 0 Å². The molecule has 1 aliphatic heterocycles. The third kappa shape index (κ3) is 2.81. The van der Waals surface area contributed by atoms with Crippen LogP contribution in [0.2, 0.25) is 0 Å². The minimum absolute atomic E-state index is 0.702. The maximum Gasteiger partial charge on any atom is 0.122 e. The van der Waals surface area contributed by atoms with E-state index in [4.69, 9.17) is 4.74 Å². The average Bonchev–Trinajstić information content (AvgIpc) is 2.76. The van der Waals surface area contributed by atoms with Crippen LogP contribution in [0.3, 0.4) is 0 Å². The lowest BCUT2D eigenvalue weighted by Gasteiger charge is -2.24. The molecule has 0 spiro atoms. The molecule has 0 amide bonds. The van der Waals surface area contributed by atoms with Crippen molar-refractivity contribution in [3.8, 4) is 5.75 Å². The van der Waals surface area contributed by atoms with E-state index in [9.17, 15) is 5.11 Å². The average molecular weight is 234 g/mol. The summed E-state index contributed by atoms with van der Waals surface area (Å²) in [7, 11) is 0. The molecule has 0 bridgehead atoms. The maximum absolute atomic E-state index is 10.5. The third-order valence-corrected chi connectivity index (χ3v) is 3.58. The number of hydrogen-bond acceptors (Lipinski definition) is 2. The molecule has 1 aromatic carbocycles. The molecule has 1 aliphatic rings. The Bertz CT molecular complexity index is 383. The lowest BCUT2D eigenvalue weighted by molar-refractivity contribution is 0.0449. The molecule has 0 aliphatic carbocycles. The maximum atomic E-state index is 10.5. The number of ether oxygens (including phenoxy) is 1. The first-order valence-corrected chi connectivity index (χ1v) is 6.62. The normalized spacial score (nSPS) is 17.4. The van der Waals surface area contributed by atoms with Crippen molar-refractivity contribution in [3.63, 3.8) is 0 Å². The Balaban J connectivity index is 2.10. The van der Waals surface area contributed by atoms with Gasteiger partial charge in [-0.15, -0.1) is 0 Å². The van der Waals surface area contributed by atoms with E-state index in [2.05, 4.69) is 13.0 Å². The van der Waals surface area contributed by atoms with Gasteiger partial charge in [0.2, 0.25) is 0 Å². The first-order chi connectivity index (χ1) is 8.13. The molecule has 17 heavy (non-hydrogen) atoms. The van der Waals surface area contributed by atoms with E-state index in [0.717, 1.165) is 37.2 Å². The van der Waals surface area contributed by atoms with Crippen LogP contribution in [0, 0.1) is 0 Å². The van der Waals surface area contributed by atoms with Gasteiger partial charge in [0, 0.05) is 6.42 Å². The second kappa shape index (κ2) is 5.09. The Hall–Kier alpha value is -1.02. The minimum atomic E-state index is -0.702. The summed E-state index contributed by atoms with van der Waals surface area (Å²) in [6.45, 7) is 4.87. The van der Waals surface area contributed by atoms with Crippen LogP contribution in [-0.4, -0.2) is 11.7 Å². The fourth-order valence-corrected chi connectivity index (χ4v) is 2.39. The smallest absolute Gasteiger partial charge is 0.122 e. The van der Waals surface area contributed by atoms with Gasteiger partial charge in [-0.3, -0.25) is 0 Å². The van der Waals surface area contributed by atoms with Crippen LogP contribution in [0.1, 0.15) is 50.7 Å². The van der Waals surface area contributed by atoms with Crippen molar-refractivity contribution in [1.82, 2.24) is 0 Å². The first kappa shape index (κ1) is 12.4. The molecular weight excluding hydrogens is 212 g/mol. The van der Waals surface area contributed by atoms with E-state index in [1.165, 1.54) is 18.4 Å². The van der Waals surface area contributed by atoms with Crippen molar-refractivity contribution >= 4 is 0 Å².